The lowest BCUT2D eigenvalue weighted by molar-refractivity contribution is 0.483. The van der Waals surface area contributed by atoms with Crippen LogP contribution in [0.1, 0.15) is 0 Å². The molecule has 3 N–H and O–H groups in total. The maximum atomic E-state index is 6.27. The van der Waals surface area contributed by atoms with Gasteiger partial charge in [0.25, 0.3) is 0 Å². The molecule has 0 aliphatic rings. The van der Waals surface area contributed by atoms with Crippen LogP contribution in [0.15, 0.2) is 104 Å². The van der Waals surface area contributed by atoms with Gasteiger partial charge in [-0.3, -0.25) is 5.10 Å². The van der Waals surface area contributed by atoms with E-state index in [0.29, 0.717) is 11.6 Å². The summed E-state index contributed by atoms with van der Waals surface area (Å²) in [4.78, 5) is 4.71. The molecule has 0 aliphatic carbocycles. The van der Waals surface area contributed by atoms with E-state index in [-0.39, 0.29) is 0 Å². The predicted molar refractivity (Wildman–Crippen MR) is 133 cm³/mol. The Hall–Kier alpha value is -4.91. The molecule has 0 spiro atoms. The highest BCUT2D eigenvalue weighted by Crippen LogP contribution is 2.34. The predicted octanol–water partition coefficient (Wildman–Crippen LogP) is 5.85. The number of nitrogens with one attached hydrogen (secondary N) is 1. The zero-order chi connectivity index (χ0) is 22.9. The molecule has 0 amide bonds. The molecule has 0 aliphatic heterocycles. The van der Waals surface area contributed by atoms with Crippen molar-refractivity contribution >= 4 is 16.7 Å². The van der Waals surface area contributed by atoms with Gasteiger partial charge in [0.2, 0.25) is 0 Å². The fourth-order valence-corrected chi connectivity index (χ4v) is 3.98. The fraction of sp³-hybridized carbons (Fsp3) is 0. The average molecular weight is 444 g/mol. The van der Waals surface area contributed by atoms with E-state index >= 15 is 0 Å². The Morgan fingerprint density at radius 1 is 0.735 bits per heavy atom. The Morgan fingerprint density at radius 2 is 1.44 bits per heavy atom. The van der Waals surface area contributed by atoms with Crippen LogP contribution in [0, 0.1) is 0 Å². The summed E-state index contributed by atoms with van der Waals surface area (Å²) in [6.07, 6.45) is 5.58. The molecule has 0 saturated carbocycles. The number of aromatic amines is 1. The molecular formula is C27H20N6O. The molecule has 7 nitrogen and oxygen atoms in total. The van der Waals surface area contributed by atoms with Crippen molar-refractivity contribution in [3.8, 4) is 39.6 Å². The number of nitrogens with zero attached hydrogens (tertiary/aromatic N) is 4. The topological polar surface area (TPSA) is 94.6 Å². The van der Waals surface area contributed by atoms with Gasteiger partial charge in [-0.05, 0) is 35.4 Å². The normalized spacial score (nSPS) is 11.1. The van der Waals surface area contributed by atoms with Gasteiger partial charge in [0.05, 0.1) is 11.6 Å². The third kappa shape index (κ3) is 3.55. The third-order valence-electron chi connectivity index (χ3n) is 5.65. The van der Waals surface area contributed by atoms with Crippen LogP contribution in [0.25, 0.3) is 39.0 Å². The zero-order valence-corrected chi connectivity index (χ0v) is 18.1. The van der Waals surface area contributed by atoms with Gasteiger partial charge in [-0.2, -0.15) is 10.2 Å². The van der Waals surface area contributed by atoms with Crippen LogP contribution in [0.2, 0.25) is 0 Å². The van der Waals surface area contributed by atoms with Crippen molar-refractivity contribution in [1.29, 1.82) is 0 Å². The molecule has 0 saturated heterocycles. The number of hydrogen-bond acceptors (Lipinski definition) is 5. The number of pyridine rings is 1. The molecule has 3 aromatic carbocycles. The summed E-state index contributed by atoms with van der Waals surface area (Å²) in [5, 5.41) is 12.6. The van der Waals surface area contributed by atoms with Gasteiger partial charge in [-0.1, -0.05) is 60.7 Å². The fourth-order valence-electron chi connectivity index (χ4n) is 3.98. The molecule has 34 heavy (non-hydrogen) atoms. The van der Waals surface area contributed by atoms with E-state index in [1.54, 1.807) is 10.9 Å². The van der Waals surface area contributed by atoms with Gasteiger partial charge in [-0.15, -0.1) is 0 Å². The van der Waals surface area contributed by atoms with Crippen molar-refractivity contribution < 1.29 is 4.74 Å². The van der Waals surface area contributed by atoms with E-state index in [0.717, 1.165) is 44.7 Å². The number of rotatable bonds is 5. The molecule has 0 fully saturated rings. The summed E-state index contributed by atoms with van der Waals surface area (Å²) in [5.74, 6) is 2.58. The van der Waals surface area contributed by atoms with Crippen LogP contribution in [0.5, 0.6) is 11.5 Å². The lowest BCUT2D eigenvalue weighted by atomic mass is 10.0. The van der Waals surface area contributed by atoms with Crippen LogP contribution in [-0.4, -0.2) is 25.0 Å². The number of nitrogen functional groups attached to an aromatic ring is 1. The van der Waals surface area contributed by atoms with Crippen molar-refractivity contribution in [2.45, 2.75) is 0 Å². The molecule has 164 valence electrons. The molecule has 3 aromatic heterocycles. The first-order valence-electron chi connectivity index (χ1n) is 10.8. The van der Waals surface area contributed by atoms with E-state index in [9.17, 15) is 0 Å². The Morgan fingerprint density at radius 3 is 2.21 bits per heavy atom. The first kappa shape index (κ1) is 19.8. The van der Waals surface area contributed by atoms with E-state index in [1.807, 2.05) is 97.3 Å². The monoisotopic (exact) mass is 444 g/mol. The van der Waals surface area contributed by atoms with E-state index < -0.39 is 0 Å². The van der Waals surface area contributed by atoms with Gasteiger partial charge < -0.3 is 10.5 Å². The SMILES string of the molecule is Nc1n[nH]c2c(-n3cc(-c4ccccc4)cn3)ncc(-c3ccc(Oc4ccccc4)cc3)c12. The molecular weight excluding hydrogens is 424 g/mol. The zero-order valence-electron chi connectivity index (χ0n) is 18.1. The minimum absolute atomic E-state index is 0.411. The Balaban J connectivity index is 1.36. The molecule has 6 aromatic rings. The lowest BCUT2D eigenvalue weighted by Gasteiger charge is -2.09. The summed E-state index contributed by atoms with van der Waals surface area (Å²) >= 11 is 0. The van der Waals surface area contributed by atoms with E-state index in [1.165, 1.54) is 0 Å². The molecule has 3 heterocycles. The Labute approximate surface area is 195 Å². The smallest absolute Gasteiger partial charge is 0.179 e. The van der Waals surface area contributed by atoms with Crippen LogP contribution >= 0.6 is 0 Å². The van der Waals surface area contributed by atoms with Crippen molar-refractivity contribution in [3.63, 3.8) is 0 Å². The van der Waals surface area contributed by atoms with Crippen LogP contribution < -0.4 is 10.5 Å². The third-order valence-corrected chi connectivity index (χ3v) is 5.65. The summed E-state index contributed by atoms with van der Waals surface area (Å²) < 4.78 is 7.65. The molecule has 6 rings (SSSR count). The number of fused-ring (bicyclic) bond motifs is 1. The van der Waals surface area contributed by atoms with Crippen molar-refractivity contribution in [1.82, 2.24) is 25.0 Å². The molecule has 7 heteroatoms. The number of hydrogen-bond donors (Lipinski definition) is 2. The van der Waals surface area contributed by atoms with Gasteiger partial charge in [-0.25, -0.2) is 9.67 Å². The van der Waals surface area contributed by atoms with Gasteiger partial charge in [0.1, 0.15) is 17.0 Å². The summed E-state index contributed by atoms with van der Waals surface area (Å²) in [6, 6.07) is 27.6. The Kier molecular flexibility index (Phi) is 4.77. The largest absolute Gasteiger partial charge is 0.457 e. The Bertz CT molecular complexity index is 1570. The number of benzene rings is 3. The molecule has 0 unspecified atom stereocenters. The lowest BCUT2D eigenvalue weighted by Crippen LogP contribution is -2.00. The minimum atomic E-state index is 0.411. The van der Waals surface area contributed by atoms with E-state index in [2.05, 4.69) is 15.3 Å². The first-order valence-corrected chi connectivity index (χ1v) is 10.8. The number of ether oxygens (including phenoxy) is 1. The second-order valence-electron chi connectivity index (χ2n) is 7.83. The maximum absolute atomic E-state index is 6.27. The second-order valence-corrected chi connectivity index (χ2v) is 7.83. The summed E-state index contributed by atoms with van der Waals surface area (Å²) in [5.41, 5.74) is 10.9. The van der Waals surface area contributed by atoms with Crippen molar-refractivity contribution in [3.05, 3.63) is 104 Å². The molecule has 0 radical (unpaired) electrons. The maximum Gasteiger partial charge on any atom is 0.179 e. The van der Waals surface area contributed by atoms with Gasteiger partial charge in [0.15, 0.2) is 11.6 Å². The van der Waals surface area contributed by atoms with E-state index in [4.69, 9.17) is 15.5 Å². The standard InChI is InChI=1S/C27H20N6O/c28-26-24-23(19-11-13-22(14-12-19)34-21-9-5-2-6-10-21)16-29-27(25(24)31-32-26)33-17-20(15-30-33)18-7-3-1-4-8-18/h1-17H,(H3,28,31,32). The number of aromatic nitrogens is 5. The van der Waals surface area contributed by atoms with Crippen molar-refractivity contribution in [2.75, 3.05) is 5.73 Å². The van der Waals surface area contributed by atoms with Crippen LogP contribution in [-0.2, 0) is 0 Å². The number of para-hydroxylation sites is 1. The molecule has 0 atom stereocenters. The highest BCUT2D eigenvalue weighted by Gasteiger charge is 2.17. The quantitative estimate of drug-likeness (QED) is 0.348. The van der Waals surface area contributed by atoms with Gasteiger partial charge >= 0.3 is 0 Å². The van der Waals surface area contributed by atoms with Gasteiger partial charge in [0, 0.05) is 23.5 Å². The highest BCUT2D eigenvalue weighted by molar-refractivity contribution is 6.03. The molecule has 0 bridgehead atoms. The van der Waals surface area contributed by atoms with Crippen LogP contribution in [0.3, 0.4) is 0 Å². The summed E-state index contributed by atoms with van der Waals surface area (Å²) in [6.45, 7) is 0. The second kappa shape index (κ2) is 8.22. The number of H-pyrrole nitrogens is 1. The highest BCUT2D eigenvalue weighted by atomic mass is 16.5. The van der Waals surface area contributed by atoms with Crippen molar-refractivity contribution in [2.24, 2.45) is 0 Å². The number of nitrogens with two attached hydrogens (primary N) is 1. The first-order chi connectivity index (χ1) is 16.8. The average Bonchev–Trinajstić information content (AvgIpc) is 3.53. The summed E-state index contributed by atoms with van der Waals surface area (Å²) in [7, 11) is 0. The van der Waals surface area contributed by atoms with Crippen LogP contribution in [0.4, 0.5) is 5.82 Å². The number of anilines is 1. The minimum Gasteiger partial charge on any atom is -0.457 e.